The molecule has 0 radical (unpaired) electrons. The minimum Gasteiger partial charge on any atom is -0.452 e. The van der Waals surface area contributed by atoms with Gasteiger partial charge in [0.15, 0.2) is 11.6 Å². The molecule has 0 aliphatic carbocycles. The Morgan fingerprint density at radius 1 is 1.10 bits per heavy atom. The number of H-pyrrole nitrogens is 1. The van der Waals surface area contributed by atoms with Crippen LogP contribution in [0.1, 0.15) is 21.7 Å². The van der Waals surface area contributed by atoms with Gasteiger partial charge in [0.2, 0.25) is 0 Å². The summed E-state index contributed by atoms with van der Waals surface area (Å²) < 4.78 is 35.4. The zero-order valence-electron chi connectivity index (χ0n) is 21.1. The van der Waals surface area contributed by atoms with Crippen LogP contribution in [0.15, 0.2) is 84.0 Å². The number of benzene rings is 2. The summed E-state index contributed by atoms with van der Waals surface area (Å²) in [7, 11) is 0. The predicted octanol–water partition coefficient (Wildman–Crippen LogP) is 5.45. The molecule has 40 heavy (non-hydrogen) atoms. The Hall–Kier alpha value is -5.45. The number of carbonyl (C=O) groups is 1. The molecule has 5 rings (SSSR count). The summed E-state index contributed by atoms with van der Waals surface area (Å²) in [4.78, 5) is 30.2. The molecule has 3 heterocycles. The van der Waals surface area contributed by atoms with Crippen LogP contribution in [0.2, 0.25) is 0 Å². The molecule has 11 heteroatoms. The van der Waals surface area contributed by atoms with E-state index in [4.69, 9.17) is 10.1 Å². The SMILES string of the molecule is Cc1[nH]ncc1-c1cnc(CC=N)c(Oc2ccc(NC(=O)c3cccn(-c4ccc(F)cc4)c3=O)cc2F)c1. The molecular weight excluding hydrogens is 518 g/mol. The highest BCUT2D eigenvalue weighted by atomic mass is 19.1. The van der Waals surface area contributed by atoms with Gasteiger partial charge in [0.25, 0.3) is 11.5 Å². The van der Waals surface area contributed by atoms with Crippen LogP contribution in [0.25, 0.3) is 16.8 Å². The summed E-state index contributed by atoms with van der Waals surface area (Å²) in [6.45, 7) is 1.86. The third-order valence-electron chi connectivity index (χ3n) is 6.07. The first kappa shape index (κ1) is 26.2. The lowest BCUT2D eigenvalue weighted by molar-refractivity contribution is 0.102. The molecule has 3 aromatic heterocycles. The second-order valence-corrected chi connectivity index (χ2v) is 8.76. The maximum Gasteiger partial charge on any atom is 0.267 e. The largest absolute Gasteiger partial charge is 0.452 e. The van der Waals surface area contributed by atoms with Gasteiger partial charge in [-0.2, -0.15) is 5.10 Å². The summed E-state index contributed by atoms with van der Waals surface area (Å²) >= 11 is 0. The zero-order valence-corrected chi connectivity index (χ0v) is 21.1. The second-order valence-electron chi connectivity index (χ2n) is 8.76. The van der Waals surface area contributed by atoms with E-state index < -0.39 is 23.1 Å². The predicted molar refractivity (Wildman–Crippen MR) is 145 cm³/mol. The number of hydrogen-bond acceptors (Lipinski definition) is 6. The third kappa shape index (κ3) is 5.39. The van der Waals surface area contributed by atoms with Crippen LogP contribution in [-0.4, -0.2) is 31.9 Å². The van der Waals surface area contributed by atoms with Crippen LogP contribution in [0.3, 0.4) is 0 Å². The van der Waals surface area contributed by atoms with E-state index >= 15 is 4.39 Å². The van der Waals surface area contributed by atoms with Gasteiger partial charge in [-0.1, -0.05) is 0 Å². The Morgan fingerprint density at radius 2 is 1.90 bits per heavy atom. The summed E-state index contributed by atoms with van der Waals surface area (Å²) in [5, 5.41) is 16.8. The minimum atomic E-state index is -0.764. The van der Waals surface area contributed by atoms with E-state index in [1.54, 1.807) is 18.5 Å². The molecule has 200 valence electrons. The van der Waals surface area contributed by atoms with Gasteiger partial charge < -0.3 is 15.5 Å². The van der Waals surface area contributed by atoms with Crippen molar-refractivity contribution in [2.75, 3.05) is 5.32 Å². The van der Waals surface area contributed by atoms with Crippen molar-refractivity contribution in [2.24, 2.45) is 0 Å². The molecule has 0 atom stereocenters. The number of nitrogens with one attached hydrogen (secondary N) is 3. The molecule has 0 aliphatic heterocycles. The quantitative estimate of drug-likeness (QED) is 0.226. The number of pyridine rings is 2. The molecule has 0 saturated carbocycles. The van der Waals surface area contributed by atoms with Crippen molar-refractivity contribution < 1.29 is 18.3 Å². The average Bonchev–Trinajstić information content (AvgIpc) is 3.37. The van der Waals surface area contributed by atoms with E-state index in [1.165, 1.54) is 65.5 Å². The van der Waals surface area contributed by atoms with Gasteiger partial charge in [0.05, 0.1) is 11.9 Å². The van der Waals surface area contributed by atoms with E-state index in [0.717, 1.165) is 17.3 Å². The second kappa shape index (κ2) is 11.1. The fourth-order valence-corrected chi connectivity index (χ4v) is 4.05. The van der Waals surface area contributed by atoms with Crippen LogP contribution >= 0.6 is 0 Å². The van der Waals surface area contributed by atoms with Gasteiger partial charge in [-0.3, -0.25) is 24.2 Å². The highest BCUT2D eigenvalue weighted by Crippen LogP contribution is 2.32. The Balaban J connectivity index is 1.38. The van der Waals surface area contributed by atoms with Crippen LogP contribution in [0.5, 0.6) is 11.5 Å². The van der Waals surface area contributed by atoms with E-state index in [-0.39, 0.29) is 29.2 Å². The van der Waals surface area contributed by atoms with Gasteiger partial charge in [-0.25, -0.2) is 8.78 Å². The highest BCUT2D eigenvalue weighted by molar-refractivity contribution is 6.04. The first-order valence-corrected chi connectivity index (χ1v) is 12.1. The highest BCUT2D eigenvalue weighted by Gasteiger charge is 2.17. The topological polar surface area (TPSA) is 126 Å². The molecule has 1 amide bonds. The van der Waals surface area contributed by atoms with Crippen molar-refractivity contribution >= 4 is 17.8 Å². The lowest BCUT2D eigenvalue weighted by Crippen LogP contribution is -2.27. The van der Waals surface area contributed by atoms with Gasteiger partial charge in [0.1, 0.15) is 17.1 Å². The summed E-state index contributed by atoms with van der Waals surface area (Å²) in [5.74, 6) is -1.81. The summed E-state index contributed by atoms with van der Waals surface area (Å²) in [6, 6.07) is 13.7. The van der Waals surface area contributed by atoms with Gasteiger partial charge in [-0.05, 0) is 61.5 Å². The molecule has 0 fully saturated rings. The first-order chi connectivity index (χ1) is 19.3. The smallest absolute Gasteiger partial charge is 0.267 e. The van der Waals surface area contributed by atoms with Crippen molar-refractivity contribution in [3.05, 3.63) is 118 Å². The molecule has 0 unspecified atom stereocenters. The fraction of sp³-hybridized carbons (Fsp3) is 0.0690. The normalized spacial score (nSPS) is 10.8. The standard InChI is InChI=1S/C29H22F2N6O3/c1-17-23(16-34-36-17)18-13-27(25(10-11-32)33-15-18)40-26-9-6-20(14-24(26)31)35-28(38)22-3-2-12-37(29(22)39)21-7-4-19(30)5-8-21/h2-9,11-16,32H,10H2,1H3,(H,34,36)(H,35,38). The molecule has 3 N–H and O–H groups in total. The number of aromatic amines is 1. The number of aryl methyl sites for hydroxylation is 1. The first-order valence-electron chi connectivity index (χ1n) is 12.1. The summed E-state index contributed by atoms with van der Waals surface area (Å²) in [6.07, 6.45) is 6.09. The molecule has 0 spiro atoms. The average molecular weight is 541 g/mol. The zero-order chi connectivity index (χ0) is 28.2. The molecule has 0 saturated heterocycles. The Morgan fingerprint density at radius 3 is 2.60 bits per heavy atom. The van der Waals surface area contributed by atoms with Crippen LogP contribution in [-0.2, 0) is 6.42 Å². The van der Waals surface area contributed by atoms with E-state index in [0.29, 0.717) is 16.9 Å². The number of anilines is 1. The molecule has 0 aliphatic rings. The van der Waals surface area contributed by atoms with E-state index in [9.17, 15) is 14.0 Å². The van der Waals surface area contributed by atoms with Crippen molar-refractivity contribution in [3.8, 4) is 28.3 Å². The van der Waals surface area contributed by atoms with Crippen molar-refractivity contribution in [3.63, 3.8) is 0 Å². The number of hydrogen-bond donors (Lipinski definition) is 3. The van der Waals surface area contributed by atoms with E-state index in [1.807, 2.05) is 6.92 Å². The molecule has 5 aromatic rings. The number of aromatic nitrogens is 4. The maximum absolute atomic E-state index is 15.1. The van der Waals surface area contributed by atoms with Crippen LogP contribution in [0.4, 0.5) is 14.5 Å². The van der Waals surface area contributed by atoms with Gasteiger partial charge >= 0.3 is 0 Å². The number of amides is 1. The number of rotatable bonds is 8. The number of carbonyl (C=O) groups excluding carboxylic acids is 1. The monoisotopic (exact) mass is 540 g/mol. The van der Waals surface area contributed by atoms with Crippen molar-refractivity contribution in [1.82, 2.24) is 19.7 Å². The molecule has 2 aromatic carbocycles. The van der Waals surface area contributed by atoms with Gasteiger partial charge in [-0.15, -0.1) is 0 Å². The van der Waals surface area contributed by atoms with Gasteiger partial charge in [0, 0.05) is 59.3 Å². The number of halogens is 2. The van der Waals surface area contributed by atoms with Crippen LogP contribution in [0, 0.1) is 24.0 Å². The minimum absolute atomic E-state index is 0.104. The van der Waals surface area contributed by atoms with E-state index in [2.05, 4.69) is 20.5 Å². The fourth-order valence-electron chi connectivity index (χ4n) is 4.05. The molecular formula is C29H22F2N6O3. The summed E-state index contributed by atoms with van der Waals surface area (Å²) in [5.41, 5.74) is 2.46. The Bertz CT molecular complexity index is 1780. The lowest BCUT2D eigenvalue weighted by Gasteiger charge is -2.13. The number of ether oxygens (including phenoxy) is 1. The molecule has 0 bridgehead atoms. The Labute approximate surface area is 226 Å². The molecule has 9 nitrogen and oxygen atoms in total. The van der Waals surface area contributed by atoms with Crippen LogP contribution < -0.4 is 15.6 Å². The maximum atomic E-state index is 15.1. The Kier molecular flexibility index (Phi) is 7.27. The lowest BCUT2D eigenvalue weighted by atomic mass is 10.1. The number of nitrogens with zero attached hydrogens (tertiary/aromatic N) is 3. The van der Waals surface area contributed by atoms with Crippen molar-refractivity contribution in [2.45, 2.75) is 13.3 Å². The van der Waals surface area contributed by atoms with Crippen molar-refractivity contribution in [1.29, 1.82) is 5.41 Å². The third-order valence-corrected chi connectivity index (χ3v) is 6.07.